The number of nitrogens with two attached hydrogens (primary N) is 1. The minimum absolute atomic E-state index is 0.289. The van der Waals surface area contributed by atoms with Crippen molar-refractivity contribution >= 4 is 29.2 Å². The Morgan fingerprint density at radius 3 is 2.33 bits per heavy atom. The summed E-state index contributed by atoms with van der Waals surface area (Å²) >= 11 is 5.77. The van der Waals surface area contributed by atoms with Gasteiger partial charge in [0.2, 0.25) is 5.91 Å². The van der Waals surface area contributed by atoms with Gasteiger partial charge in [0.1, 0.15) is 12.6 Å². The minimum Gasteiger partial charge on any atom is -0.480 e. The van der Waals surface area contributed by atoms with Gasteiger partial charge < -0.3 is 15.7 Å². The van der Waals surface area contributed by atoms with Gasteiger partial charge in [0.25, 0.3) is 0 Å². The molecule has 1 aromatic carbocycles. The molecule has 0 radical (unpaired) electrons. The zero-order chi connectivity index (χ0) is 13.7. The van der Waals surface area contributed by atoms with Crippen LogP contribution < -0.4 is 10.6 Å². The lowest BCUT2D eigenvalue weighted by Gasteiger charge is -2.29. The maximum Gasteiger partial charge on any atom is 0.323 e. The molecule has 0 fully saturated rings. The van der Waals surface area contributed by atoms with Gasteiger partial charge >= 0.3 is 5.97 Å². The summed E-state index contributed by atoms with van der Waals surface area (Å²) in [6.07, 6.45) is 0.436. The largest absolute Gasteiger partial charge is 0.480 e. The number of halogens is 1. The first-order valence-electron chi connectivity index (χ1n) is 5.49. The summed E-state index contributed by atoms with van der Waals surface area (Å²) in [5.41, 5.74) is 5.90. The summed E-state index contributed by atoms with van der Waals surface area (Å²) in [5.74, 6) is -1.57. The molecule has 0 aromatic heterocycles. The Morgan fingerprint density at radius 1 is 1.39 bits per heavy atom. The number of hydrogen-bond donors (Lipinski definition) is 2. The van der Waals surface area contributed by atoms with E-state index in [0.29, 0.717) is 17.1 Å². The number of aliphatic carboxylic acids is 1. The summed E-state index contributed by atoms with van der Waals surface area (Å²) in [6, 6.07) is 5.95. The number of hydrogen-bond acceptors (Lipinski definition) is 3. The molecule has 98 valence electrons. The van der Waals surface area contributed by atoms with E-state index in [9.17, 15) is 9.59 Å². The van der Waals surface area contributed by atoms with E-state index in [4.69, 9.17) is 22.4 Å². The molecular weight excluding hydrogens is 256 g/mol. The van der Waals surface area contributed by atoms with Crippen molar-refractivity contribution in [1.29, 1.82) is 0 Å². The molecule has 1 atom stereocenters. The number of nitrogens with zero attached hydrogens (tertiary/aromatic N) is 1. The number of anilines is 1. The van der Waals surface area contributed by atoms with Crippen molar-refractivity contribution in [1.82, 2.24) is 0 Å². The number of carboxylic acid groups (broad SMARTS) is 1. The molecule has 0 heterocycles. The third-order valence-electron chi connectivity index (χ3n) is 2.56. The average molecular weight is 271 g/mol. The standard InChI is InChI=1S/C12H15ClN2O3/c1-2-10(12(14)18)15(7-11(16)17)9-5-3-8(13)4-6-9/h3-6,10H,2,7H2,1H3,(H2,14,18)(H,16,17). The Kier molecular flexibility index (Phi) is 4.97. The number of primary amides is 1. The van der Waals surface area contributed by atoms with Crippen LogP contribution in [-0.4, -0.2) is 29.6 Å². The monoisotopic (exact) mass is 270 g/mol. The highest BCUT2D eigenvalue weighted by atomic mass is 35.5. The van der Waals surface area contributed by atoms with Crippen LogP contribution in [0.3, 0.4) is 0 Å². The molecule has 5 nitrogen and oxygen atoms in total. The second kappa shape index (κ2) is 6.26. The van der Waals surface area contributed by atoms with E-state index in [0.717, 1.165) is 0 Å². The van der Waals surface area contributed by atoms with Gasteiger partial charge in [0.15, 0.2) is 0 Å². The first kappa shape index (κ1) is 14.3. The highest BCUT2D eigenvalue weighted by Crippen LogP contribution is 2.21. The van der Waals surface area contributed by atoms with Gasteiger partial charge in [0.05, 0.1) is 0 Å². The molecule has 1 amide bonds. The molecule has 0 saturated heterocycles. The number of rotatable bonds is 6. The number of carbonyl (C=O) groups excluding carboxylic acids is 1. The Morgan fingerprint density at radius 2 is 1.94 bits per heavy atom. The highest BCUT2D eigenvalue weighted by Gasteiger charge is 2.24. The van der Waals surface area contributed by atoms with Crippen LogP contribution in [0.15, 0.2) is 24.3 Å². The van der Waals surface area contributed by atoms with Gasteiger partial charge in [-0.3, -0.25) is 9.59 Å². The Hall–Kier alpha value is -1.75. The third kappa shape index (κ3) is 3.63. The molecule has 6 heteroatoms. The van der Waals surface area contributed by atoms with E-state index in [1.807, 2.05) is 0 Å². The van der Waals surface area contributed by atoms with Gasteiger partial charge in [-0.2, -0.15) is 0 Å². The molecule has 0 aliphatic heterocycles. The van der Waals surface area contributed by atoms with Crippen LogP contribution in [-0.2, 0) is 9.59 Å². The Labute approximate surface area is 110 Å². The van der Waals surface area contributed by atoms with E-state index in [2.05, 4.69) is 0 Å². The quantitative estimate of drug-likeness (QED) is 0.820. The number of carbonyl (C=O) groups is 2. The SMILES string of the molecule is CCC(C(N)=O)N(CC(=O)O)c1ccc(Cl)cc1. The lowest BCUT2D eigenvalue weighted by Crippen LogP contribution is -2.46. The van der Waals surface area contributed by atoms with Gasteiger partial charge in [-0.1, -0.05) is 18.5 Å². The lowest BCUT2D eigenvalue weighted by molar-refractivity contribution is -0.135. The van der Waals surface area contributed by atoms with E-state index in [1.54, 1.807) is 31.2 Å². The van der Waals surface area contributed by atoms with E-state index in [1.165, 1.54) is 4.90 Å². The predicted molar refractivity (Wildman–Crippen MR) is 69.7 cm³/mol. The molecule has 18 heavy (non-hydrogen) atoms. The van der Waals surface area contributed by atoms with Crippen LogP contribution in [0.2, 0.25) is 5.02 Å². The molecule has 0 bridgehead atoms. The molecular formula is C12H15ClN2O3. The number of carboxylic acids is 1. The average Bonchev–Trinajstić information content (AvgIpc) is 2.28. The zero-order valence-electron chi connectivity index (χ0n) is 9.97. The molecule has 1 aromatic rings. The predicted octanol–water partition coefficient (Wildman–Crippen LogP) is 1.49. The van der Waals surface area contributed by atoms with E-state index >= 15 is 0 Å². The molecule has 1 rings (SSSR count). The van der Waals surface area contributed by atoms with Crippen molar-refractivity contribution < 1.29 is 14.7 Å². The van der Waals surface area contributed by atoms with Crippen LogP contribution in [0, 0.1) is 0 Å². The summed E-state index contributed by atoms with van der Waals surface area (Å²) in [5, 5.41) is 9.45. The molecule has 0 saturated carbocycles. The van der Waals surface area contributed by atoms with Crippen LogP contribution in [0.25, 0.3) is 0 Å². The van der Waals surface area contributed by atoms with Crippen molar-refractivity contribution in [2.45, 2.75) is 19.4 Å². The van der Waals surface area contributed by atoms with Crippen molar-refractivity contribution in [2.24, 2.45) is 5.73 Å². The summed E-state index contributed by atoms with van der Waals surface area (Å²) in [4.78, 5) is 23.7. The fourth-order valence-corrected chi connectivity index (χ4v) is 1.86. The minimum atomic E-state index is -1.02. The van der Waals surface area contributed by atoms with Crippen molar-refractivity contribution in [2.75, 3.05) is 11.4 Å². The van der Waals surface area contributed by atoms with Gasteiger partial charge in [-0.05, 0) is 30.7 Å². The fraction of sp³-hybridized carbons (Fsp3) is 0.333. The first-order chi connectivity index (χ1) is 8.45. The Balaban J connectivity index is 3.07. The summed E-state index contributed by atoms with van der Waals surface area (Å²) < 4.78 is 0. The maximum absolute atomic E-state index is 11.4. The van der Waals surface area contributed by atoms with Crippen molar-refractivity contribution in [3.8, 4) is 0 Å². The molecule has 3 N–H and O–H groups in total. The van der Waals surface area contributed by atoms with Gasteiger partial charge in [-0.15, -0.1) is 0 Å². The van der Waals surface area contributed by atoms with Crippen molar-refractivity contribution in [3.63, 3.8) is 0 Å². The fourth-order valence-electron chi connectivity index (χ4n) is 1.73. The van der Waals surface area contributed by atoms with E-state index < -0.39 is 17.9 Å². The van der Waals surface area contributed by atoms with Gasteiger partial charge in [-0.25, -0.2) is 0 Å². The second-order valence-corrected chi connectivity index (χ2v) is 4.26. The van der Waals surface area contributed by atoms with Crippen LogP contribution in [0.1, 0.15) is 13.3 Å². The number of amides is 1. The first-order valence-corrected chi connectivity index (χ1v) is 5.86. The van der Waals surface area contributed by atoms with E-state index in [-0.39, 0.29) is 6.54 Å². The molecule has 0 spiro atoms. The van der Waals surface area contributed by atoms with Crippen molar-refractivity contribution in [3.05, 3.63) is 29.3 Å². The molecule has 0 aliphatic carbocycles. The van der Waals surface area contributed by atoms with Crippen LogP contribution >= 0.6 is 11.6 Å². The van der Waals surface area contributed by atoms with Gasteiger partial charge in [0, 0.05) is 10.7 Å². The normalized spacial score (nSPS) is 11.9. The molecule has 1 unspecified atom stereocenters. The summed E-state index contributed by atoms with van der Waals surface area (Å²) in [7, 11) is 0. The van der Waals surface area contributed by atoms with Crippen LogP contribution in [0.4, 0.5) is 5.69 Å². The number of benzene rings is 1. The third-order valence-corrected chi connectivity index (χ3v) is 2.81. The van der Waals surface area contributed by atoms with Crippen LogP contribution in [0.5, 0.6) is 0 Å². The Bertz CT molecular complexity index is 433. The smallest absolute Gasteiger partial charge is 0.323 e. The lowest BCUT2D eigenvalue weighted by atomic mass is 10.1. The maximum atomic E-state index is 11.4. The highest BCUT2D eigenvalue weighted by molar-refractivity contribution is 6.30. The summed E-state index contributed by atoms with van der Waals surface area (Å²) in [6.45, 7) is 1.49. The topological polar surface area (TPSA) is 83.6 Å². The second-order valence-electron chi connectivity index (χ2n) is 3.82. The zero-order valence-corrected chi connectivity index (χ0v) is 10.7. The molecule has 0 aliphatic rings.